The number of hydrogen-bond acceptors (Lipinski definition) is 0. The van der Waals surface area contributed by atoms with Crippen LogP contribution in [0.25, 0.3) is 0 Å². The third kappa shape index (κ3) is 2.45. The minimum Gasteiger partial charge on any atom is -0.147 e. The van der Waals surface area contributed by atoms with Gasteiger partial charge in [-0.05, 0) is 0 Å². The Bertz CT molecular complexity index is 311. The molecule has 14 heavy (non-hydrogen) atoms. The smallest absolute Gasteiger partial charge is 0.147 e. The summed E-state index contributed by atoms with van der Waals surface area (Å²) in [6, 6.07) is 0. The molecule has 75 valence electrons. The van der Waals surface area contributed by atoms with Crippen molar-refractivity contribution in [1.82, 2.24) is 0 Å². The second kappa shape index (κ2) is 5.07. The fraction of sp³-hybridized carbons (Fsp3) is 0.333. The summed E-state index contributed by atoms with van der Waals surface area (Å²) in [4.78, 5) is 0. The minimum absolute atomic E-state index is 0. The fourth-order valence-electron chi connectivity index (χ4n) is 1.64. The van der Waals surface area contributed by atoms with Crippen molar-refractivity contribution in [2.24, 2.45) is 0 Å². The van der Waals surface area contributed by atoms with E-state index in [1.165, 1.54) is 24.0 Å². The van der Waals surface area contributed by atoms with Crippen LogP contribution in [-0.4, -0.2) is 0 Å². The van der Waals surface area contributed by atoms with Crippen LogP contribution in [0.15, 0.2) is 44.0 Å². The topological polar surface area (TPSA) is 0 Å². The van der Waals surface area contributed by atoms with E-state index in [9.17, 15) is 0 Å². The molecule has 0 saturated carbocycles. The van der Waals surface area contributed by atoms with Gasteiger partial charge in [-0.1, -0.05) is 0 Å². The normalized spacial score (nSPS) is 19.3. The van der Waals surface area contributed by atoms with Crippen LogP contribution in [0.4, 0.5) is 0 Å². The number of allylic oxidation sites excluding steroid dienone is 8. The first kappa shape index (κ1) is 11.9. The van der Waals surface area contributed by atoms with Crippen LogP contribution in [-0.2, 0) is 16.3 Å². The average Bonchev–Trinajstić information content (AvgIpc) is 2.65. The summed E-state index contributed by atoms with van der Waals surface area (Å²) in [6.07, 6.45) is 11.5. The summed E-state index contributed by atoms with van der Waals surface area (Å²) < 4.78 is 3.41. The maximum atomic E-state index is 2.29. The van der Waals surface area contributed by atoms with E-state index in [0.29, 0.717) is 16.3 Å². The molecule has 0 bridgehead atoms. The molecular formula is C12H15ClV. The molecule has 0 aromatic rings. The summed E-state index contributed by atoms with van der Waals surface area (Å²) in [7, 11) is 0. The first-order valence-electron chi connectivity index (χ1n) is 4.71. The van der Waals surface area contributed by atoms with Crippen molar-refractivity contribution in [3.63, 3.8) is 0 Å². The Labute approximate surface area is 99.3 Å². The van der Waals surface area contributed by atoms with E-state index in [2.05, 4.69) is 38.2 Å². The molecule has 0 fully saturated rings. The molecule has 0 radical (unpaired) electrons. The van der Waals surface area contributed by atoms with Crippen LogP contribution in [0.1, 0.15) is 26.7 Å². The van der Waals surface area contributed by atoms with Crippen LogP contribution >= 0.6 is 12.4 Å². The van der Waals surface area contributed by atoms with Gasteiger partial charge in [0.25, 0.3) is 0 Å². The largest absolute Gasteiger partial charge is 0.147 e. The molecule has 2 aliphatic rings. The van der Waals surface area contributed by atoms with Crippen molar-refractivity contribution in [3.05, 3.63) is 44.0 Å². The van der Waals surface area contributed by atoms with E-state index in [4.69, 9.17) is 0 Å². The molecule has 0 spiro atoms. The van der Waals surface area contributed by atoms with E-state index in [0.717, 1.165) is 0 Å². The Hall–Kier alpha value is -0.166. The van der Waals surface area contributed by atoms with Gasteiger partial charge in [0.1, 0.15) is 0 Å². The average molecular weight is 246 g/mol. The molecule has 2 aliphatic carbocycles. The second-order valence-electron chi connectivity index (χ2n) is 3.58. The van der Waals surface area contributed by atoms with Gasteiger partial charge in [-0.15, -0.1) is 12.4 Å². The molecular weight excluding hydrogens is 231 g/mol. The summed E-state index contributed by atoms with van der Waals surface area (Å²) in [5, 5.41) is 0. The predicted octanol–water partition coefficient (Wildman–Crippen LogP) is 3.96. The van der Waals surface area contributed by atoms with Gasteiger partial charge < -0.3 is 0 Å². The minimum atomic E-state index is 0. The van der Waals surface area contributed by atoms with E-state index in [1.807, 2.05) is 0 Å². The Morgan fingerprint density at radius 1 is 0.929 bits per heavy atom. The van der Waals surface area contributed by atoms with Crippen molar-refractivity contribution in [1.29, 1.82) is 0 Å². The van der Waals surface area contributed by atoms with E-state index in [1.54, 1.807) is 8.57 Å². The molecule has 2 heteroatoms. The summed E-state index contributed by atoms with van der Waals surface area (Å²) in [6.45, 7) is 4.49. The SMILES string of the molecule is CC1=[C]([V][C]2=C(C)C=CC2)CC=C1.Cl. The molecule has 0 saturated heterocycles. The molecule has 0 heterocycles. The summed E-state index contributed by atoms with van der Waals surface area (Å²) in [5.41, 5.74) is 3.04. The molecule has 0 N–H and O–H groups in total. The van der Waals surface area contributed by atoms with Crippen LogP contribution in [0, 0.1) is 0 Å². The predicted molar refractivity (Wildman–Crippen MR) is 60.2 cm³/mol. The van der Waals surface area contributed by atoms with Crippen LogP contribution in [0.2, 0.25) is 0 Å². The van der Waals surface area contributed by atoms with E-state index in [-0.39, 0.29) is 12.4 Å². The zero-order valence-corrected chi connectivity index (χ0v) is 10.8. The standard InChI is InChI=1S/2C6H7.ClH.V/c2*1-6-4-2-3-5-6;;/h2*2,4H,3H2,1H3;1H;. The van der Waals surface area contributed by atoms with Gasteiger partial charge in [-0.2, -0.15) is 0 Å². The molecule has 0 nitrogen and oxygen atoms in total. The molecule has 0 aromatic heterocycles. The maximum absolute atomic E-state index is 2.29. The third-order valence-corrected chi connectivity index (χ3v) is 5.05. The van der Waals surface area contributed by atoms with Gasteiger partial charge in [-0.25, -0.2) is 0 Å². The van der Waals surface area contributed by atoms with Crippen molar-refractivity contribution in [2.45, 2.75) is 26.7 Å². The second-order valence-corrected chi connectivity index (χ2v) is 5.62. The van der Waals surface area contributed by atoms with Gasteiger partial charge >= 0.3 is 87.0 Å². The van der Waals surface area contributed by atoms with Crippen LogP contribution < -0.4 is 0 Å². The summed E-state index contributed by atoms with van der Waals surface area (Å²) in [5.74, 6) is 0. The van der Waals surface area contributed by atoms with Crippen molar-refractivity contribution in [2.75, 3.05) is 0 Å². The number of halogens is 1. The molecule has 0 unspecified atom stereocenters. The Morgan fingerprint density at radius 2 is 1.36 bits per heavy atom. The first-order chi connectivity index (χ1) is 6.27. The van der Waals surface area contributed by atoms with Crippen molar-refractivity contribution >= 4 is 12.4 Å². The Balaban J connectivity index is 0.000000980. The molecule has 0 aromatic carbocycles. The van der Waals surface area contributed by atoms with Crippen molar-refractivity contribution < 1.29 is 16.3 Å². The zero-order valence-electron chi connectivity index (χ0n) is 8.58. The number of hydrogen-bond donors (Lipinski definition) is 0. The van der Waals surface area contributed by atoms with Gasteiger partial charge in [-0.3, -0.25) is 0 Å². The molecule has 0 atom stereocenters. The Kier molecular flexibility index (Phi) is 4.31. The molecule has 0 aliphatic heterocycles. The van der Waals surface area contributed by atoms with Gasteiger partial charge in [0, 0.05) is 0 Å². The van der Waals surface area contributed by atoms with Gasteiger partial charge in [0.15, 0.2) is 0 Å². The first-order valence-corrected chi connectivity index (χ1v) is 6.11. The monoisotopic (exact) mass is 245 g/mol. The van der Waals surface area contributed by atoms with Crippen LogP contribution in [0.3, 0.4) is 0 Å². The molecule has 0 amide bonds. The number of rotatable bonds is 2. The van der Waals surface area contributed by atoms with E-state index < -0.39 is 0 Å². The zero-order chi connectivity index (χ0) is 9.26. The van der Waals surface area contributed by atoms with E-state index >= 15 is 0 Å². The quantitative estimate of drug-likeness (QED) is 0.691. The van der Waals surface area contributed by atoms with Gasteiger partial charge in [0.2, 0.25) is 0 Å². The van der Waals surface area contributed by atoms with Crippen LogP contribution in [0.5, 0.6) is 0 Å². The fourth-order valence-corrected chi connectivity index (χ4v) is 3.55. The third-order valence-electron chi connectivity index (χ3n) is 2.54. The van der Waals surface area contributed by atoms with Crippen molar-refractivity contribution in [3.8, 4) is 0 Å². The Morgan fingerprint density at radius 3 is 1.64 bits per heavy atom. The molecule has 2 rings (SSSR count). The summed E-state index contributed by atoms with van der Waals surface area (Å²) >= 11 is 0.322. The van der Waals surface area contributed by atoms with Gasteiger partial charge in [0.05, 0.1) is 0 Å². The maximum Gasteiger partial charge on any atom is -0.147 e.